The van der Waals surface area contributed by atoms with Crippen LogP contribution in [-0.4, -0.2) is 17.2 Å². The summed E-state index contributed by atoms with van der Waals surface area (Å²) < 4.78 is 11.2. The summed E-state index contributed by atoms with van der Waals surface area (Å²) >= 11 is 0. The number of pyridine rings is 1. The molecule has 1 aromatic rings. The molecule has 1 heterocycles. The SMILES string of the molecule is CCCCOc1ccc(COC(C)(C)C)cn1. The maximum atomic E-state index is 5.67. The van der Waals surface area contributed by atoms with E-state index in [2.05, 4.69) is 11.9 Å². The zero-order chi connectivity index (χ0) is 12.7. The minimum atomic E-state index is -0.115. The van der Waals surface area contributed by atoms with Gasteiger partial charge in [-0.1, -0.05) is 13.3 Å². The van der Waals surface area contributed by atoms with E-state index in [-0.39, 0.29) is 5.60 Å². The molecule has 0 saturated carbocycles. The second-order valence-corrected chi connectivity index (χ2v) is 5.11. The molecule has 1 rings (SSSR count). The van der Waals surface area contributed by atoms with Crippen molar-refractivity contribution in [1.82, 2.24) is 4.98 Å². The van der Waals surface area contributed by atoms with Crippen molar-refractivity contribution in [2.45, 2.75) is 52.7 Å². The van der Waals surface area contributed by atoms with Crippen molar-refractivity contribution in [2.75, 3.05) is 6.61 Å². The number of nitrogens with zero attached hydrogens (tertiary/aromatic N) is 1. The van der Waals surface area contributed by atoms with Crippen molar-refractivity contribution in [2.24, 2.45) is 0 Å². The number of hydrogen-bond acceptors (Lipinski definition) is 3. The molecule has 0 aliphatic rings. The number of hydrogen-bond donors (Lipinski definition) is 0. The van der Waals surface area contributed by atoms with Gasteiger partial charge in [0.15, 0.2) is 0 Å². The van der Waals surface area contributed by atoms with Crippen LogP contribution in [0.5, 0.6) is 5.88 Å². The zero-order valence-corrected chi connectivity index (χ0v) is 11.3. The summed E-state index contributed by atoms with van der Waals surface area (Å²) in [6.07, 6.45) is 4.01. The molecule has 0 atom stereocenters. The first-order valence-corrected chi connectivity index (χ1v) is 6.23. The fourth-order valence-corrected chi connectivity index (χ4v) is 1.20. The van der Waals surface area contributed by atoms with Gasteiger partial charge in [0.05, 0.1) is 18.8 Å². The molecule has 1 aromatic heterocycles. The van der Waals surface area contributed by atoms with Crippen LogP contribution < -0.4 is 4.74 Å². The minimum Gasteiger partial charge on any atom is -0.478 e. The fraction of sp³-hybridized carbons (Fsp3) is 0.643. The average Bonchev–Trinajstić information content (AvgIpc) is 2.27. The van der Waals surface area contributed by atoms with Crippen LogP contribution in [0.1, 0.15) is 46.1 Å². The summed E-state index contributed by atoms with van der Waals surface area (Å²) in [6, 6.07) is 3.90. The first-order valence-electron chi connectivity index (χ1n) is 6.23. The van der Waals surface area contributed by atoms with Gasteiger partial charge in [-0.3, -0.25) is 0 Å². The molecule has 3 heteroatoms. The molecular formula is C14H23NO2. The third-order valence-corrected chi connectivity index (χ3v) is 2.22. The third-order valence-electron chi connectivity index (χ3n) is 2.22. The number of rotatable bonds is 6. The van der Waals surface area contributed by atoms with Gasteiger partial charge in [-0.2, -0.15) is 0 Å². The van der Waals surface area contributed by atoms with Gasteiger partial charge in [0.1, 0.15) is 0 Å². The van der Waals surface area contributed by atoms with Crippen LogP contribution in [0.4, 0.5) is 0 Å². The van der Waals surface area contributed by atoms with Crippen LogP contribution in [0.2, 0.25) is 0 Å². The van der Waals surface area contributed by atoms with E-state index in [0.29, 0.717) is 12.5 Å². The zero-order valence-electron chi connectivity index (χ0n) is 11.3. The van der Waals surface area contributed by atoms with Gasteiger partial charge in [-0.15, -0.1) is 0 Å². The lowest BCUT2D eigenvalue weighted by Crippen LogP contribution is -2.18. The van der Waals surface area contributed by atoms with E-state index in [1.165, 1.54) is 0 Å². The summed E-state index contributed by atoms with van der Waals surface area (Å²) in [7, 11) is 0. The lowest BCUT2D eigenvalue weighted by molar-refractivity contribution is -0.0150. The van der Waals surface area contributed by atoms with E-state index < -0.39 is 0 Å². The fourth-order valence-electron chi connectivity index (χ4n) is 1.20. The van der Waals surface area contributed by atoms with Gasteiger partial charge in [0.25, 0.3) is 0 Å². The van der Waals surface area contributed by atoms with Gasteiger partial charge < -0.3 is 9.47 Å². The number of unbranched alkanes of at least 4 members (excludes halogenated alkanes) is 1. The van der Waals surface area contributed by atoms with E-state index in [4.69, 9.17) is 9.47 Å². The third kappa shape index (κ3) is 6.27. The van der Waals surface area contributed by atoms with Crippen LogP contribution in [-0.2, 0) is 11.3 Å². The molecule has 3 nitrogen and oxygen atoms in total. The Kier molecular flexibility index (Phi) is 5.42. The molecule has 0 fully saturated rings. The molecule has 0 spiro atoms. The average molecular weight is 237 g/mol. The summed E-state index contributed by atoms with van der Waals surface area (Å²) in [5.41, 5.74) is 0.957. The molecule has 0 aliphatic carbocycles. The highest BCUT2D eigenvalue weighted by molar-refractivity contribution is 5.17. The van der Waals surface area contributed by atoms with E-state index in [9.17, 15) is 0 Å². The molecule has 0 aliphatic heterocycles. The molecule has 0 radical (unpaired) electrons. The summed E-state index contributed by atoms with van der Waals surface area (Å²) in [6.45, 7) is 9.60. The van der Waals surface area contributed by atoms with Crippen molar-refractivity contribution < 1.29 is 9.47 Å². The summed E-state index contributed by atoms with van der Waals surface area (Å²) in [5.74, 6) is 0.693. The Morgan fingerprint density at radius 2 is 2.00 bits per heavy atom. The van der Waals surface area contributed by atoms with Gasteiger partial charge in [0, 0.05) is 12.3 Å². The Morgan fingerprint density at radius 1 is 1.24 bits per heavy atom. The van der Waals surface area contributed by atoms with Gasteiger partial charge in [0.2, 0.25) is 5.88 Å². The number of ether oxygens (including phenoxy) is 2. The Labute approximate surface area is 104 Å². The predicted octanol–water partition coefficient (Wildman–Crippen LogP) is 3.58. The van der Waals surface area contributed by atoms with E-state index >= 15 is 0 Å². The lowest BCUT2D eigenvalue weighted by atomic mass is 10.2. The maximum absolute atomic E-state index is 5.67. The van der Waals surface area contributed by atoms with Crippen LogP contribution >= 0.6 is 0 Å². The molecule has 0 bridgehead atoms. The van der Waals surface area contributed by atoms with Crippen molar-refractivity contribution in [3.63, 3.8) is 0 Å². The molecule has 0 amide bonds. The van der Waals surface area contributed by atoms with Crippen LogP contribution in [0.3, 0.4) is 0 Å². The minimum absolute atomic E-state index is 0.115. The normalized spacial score (nSPS) is 11.5. The lowest BCUT2D eigenvalue weighted by Gasteiger charge is -2.19. The topological polar surface area (TPSA) is 31.4 Å². The van der Waals surface area contributed by atoms with Gasteiger partial charge in [-0.25, -0.2) is 4.98 Å². The molecule has 17 heavy (non-hydrogen) atoms. The van der Waals surface area contributed by atoms with E-state index in [0.717, 1.165) is 25.0 Å². The quantitative estimate of drug-likeness (QED) is 0.709. The van der Waals surface area contributed by atoms with E-state index in [1.54, 1.807) is 0 Å². The highest BCUT2D eigenvalue weighted by Gasteiger charge is 2.10. The second-order valence-electron chi connectivity index (χ2n) is 5.11. The van der Waals surface area contributed by atoms with Gasteiger partial charge >= 0.3 is 0 Å². The van der Waals surface area contributed by atoms with Crippen molar-refractivity contribution in [3.05, 3.63) is 23.9 Å². The van der Waals surface area contributed by atoms with Crippen molar-refractivity contribution in [3.8, 4) is 5.88 Å². The Hall–Kier alpha value is -1.09. The standard InChI is InChI=1S/C14H23NO2/c1-5-6-9-16-13-8-7-12(10-15-13)11-17-14(2,3)4/h7-8,10H,5-6,9,11H2,1-4H3. The Balaban J connectivity index is 2.39. The first kappa shape index (κ1) is 14.0. The maximum Gasteiger partial charge on any atom is 0.213 e. The molecular weight excluding hydrogens is 214 g/mol. The first-order chi connectivity index (χ1) is 8.01. The summed E-state index contributed by atoms with van der Waals surface area (Å²) in [5, 5.41) is 0. The molecule has 0 unspecified atom stereocenters. The predicted molar refractivity (Wildman–Crippen MR) is 69.2 cm³/mol. The molecule has 0 N–H and O–H groups in total. The van der Waals surface area contributed by atoms with Crippen LogP contribution in [0.25, 0.3) is 0 Å². The highest BCUT2D eigenvalue weighted by atomic mass is 16.5. The van der Waals surface area contributed by atoms with Crippen molar-refractivity contribution >= 4 is 0 Å². The number of aromatic nitrogens is 1. The summed E-state index contributed by atoms with van der Waals surface area (Å²) in [4.78, 5) is 4.25. The van der Waals surface area contributed by atoms with Crippen LogP contribution in [0.15, 0.2) is 18.3 Å². The van der Waals surface area contributed by atoms with Crippen molar-refractivity contribution in [1.29, 1.82) is 0 Å². The Bertz CT molecular complexity index is 314. The highest BCUT2D eigenvalue weighted by Crippen LogP contribution is 2.13. The monoisotopic (exact) mass is 237 g/mol. The van der Waals surface area contributed by atoms with E-state index in [1.807, 2.05) is 39.1 Å². The molecule has 0 aromatic carbocycles. The molecule has 96 valence electrons. The smallest absolute Gasteiger partial charge is 0.213 e. The van der Waals surface area contributed by atoms with Gasteiger partial charge in [-0.05, 0) is 38.8 Å². The Morgan fingerprint density at radius 3 is 2.53 bits per heavy atom. The molecule has 0 saturated heterocycles. The largest absolute Gasteiger partial charge is 0.478 e. The second kappa shape index (κ2) is 6.60. The van der Waals surface area contributed by atoms with Crippen LogP contribution in [0, 0.1) is 0 Å².